The van der Waals surface area contributed by atoms with E-state index < -0.39 is 4.92 Å². The van der Waals surface area contributed by atoms with Gasteiger partial charge in [-0.1, -0.05) is 12.8 Å². The molecular weight excluding hydrogens is 272 g/mol. The molecule has 7 heteroatoms. The van der Waals surface area contributed by atoms with Crippen LogP contribution >= 0.6 is 0 Å². The number of amides is 1. The lowest BCUT2D eigenvalue weighted by Crippen LogP contribution is -2.12. The van der Waals surface area contributed by atoms with Gasteiger partial charge in [0, 0.05) is 12.5 Å². The molecule has 1 aromatic carbocycles. The topological polar surface area (TPSA) is 122 Å². The summed E-state index contributed by atoms with van der Waals surface area (Å²) in [6.07, 6.45) is 3.83. The molecule has 0 heterocycles. The number of nitrogens with two attached hydrogens (primary N) is 1. The summed E-state index contributed by atoms with van der Waals surface area (Å²) in [7, 11) is 0. The lowest BCUT2D eigenvalue weighted by Gasteiger charge is -2.06. The van der Waals surface area contributed by atoms with Crippen LogP contribution < -0.4 is 11.1 Å². The average molecular weight is 290 g/mol. The van der Waals surface area contributed by atoms with E-state index in [0.717, 1.165) is 31.7 Å². The third-order valence-corrected chi connectivity index (χ3v) is 2.96. The van der Waals surface area contributed by atoms with Crippen LogP contribution in [0.2, 0.25) is 0 Å². The van der Waals surface area contributed by atoms with Crippen molar-refractivity contribution in [1.29, 1.82) is 5.26 Å². The van der Waals surface area contributed by atoms with Crippen molar-refractivity contribution in [3.8, 4) is 6.07 Å². The number of hydrogen-bond donors (Lipinski definition) is 2. The van der Waals surface area contributed by atoms with Gasteiger partial charge in [-0.25, -0.2) is 0 Å². The Morgan fingerprint density at radius 3 is 2.67 bits per heavy atom. The molecule has 0 aliphatic rings. The Morgan fingerprint density at radius 2 is 2.05 bits per heavy atom. The molecule has 21 heavy (non-hydrogen) atoms. The standard InChI is InChI=1S/C14H18N4O3/c15-8-4-2-1-3-5-14(19)17-12-7-6-11(10-16)9-13(12)18(20)21/h6-7,9H,1-5,8,15H2,(H,17,19). The molecule has 0 saturated carbocycles. The van der Waals surface area contributed by atoms with E-state index in [1.165, 1.54) is 12.1 Å². The molecule has 1 amide bonds. The van der Waals surface area contributed by atoms with E-state index in [4.69, 9.17) is 11.0 Å². The fourth-order valence-electron chi connectivity index (χ4n) is 1.85. The molecule has 0 radical (unpaired) electrons. The monoisotopic (exact) mass is 290 g/mol. The van der Waals surface area contributed by atoms with Crippen LogP contribution in [0, 0.1) is 21.4 Å². The largest absolute Gasteiger partial charge is 0.330 e. The molecule has 0 aromatic heterocycles. The van der Waals surface area contributed by atoms with Gasteiger partial charge in [0.15, 0.2) is 0 Å². The Bertz CT molecular complexity index is 552. The van der Waals surface area contributed by atoms with Gasteiger partial charge in [-0.15, -0.1) is 0 Å². The Hall–Kier alpha value is -2.46. The van der Waals surface area contributed by atoms with Crippen LogP contribution in [0.3, 0.4) is 0 Å². The number of nitrogens with one attached hydrogen (secondary N) is 1. The first kappa shape index (κ1) is 16.6. The Kier molecular flexibility index (Phi) is 6.84. The normalized spacial score (nSPS) is 9.90. The summed E-state index contributed by atoms with van der Waals surface area (Å²) in [4.78, 5) is 22.1. The number of unbranched alkanes of at least 4 members (excludes halogenated alkanes) is 3. The predicted molar refractivity (Wildman–Crippen MR) is 78.6 cm³/mol. The number of rotatable bonds is 8. The summed E-state index contributed by atoms with van der Waals surface area (Å²) in [5.41, 5.74) is 5.40. The van der Waals surface area contributed by atoms with E-state index in [-0.39, 0.29) is 22.8 Å². The van der Waals surface area contributed by atoms with E-state index >= 15 is 0 Å². The molecule has 1 rings (SSSR count). The average Bonchev–Trinajstić information content (AvgIpc) is 2.47. The van der Waals surface area contributed by atoms with Crippen molar-refractivity contribution < 1.29 is 9.72 Å². The molecule has 0 atom stereocenters. The van der Waals surface area contributed by atoms with Gasteiger partial charge in [0.1, 0.15) is 5.69 Å². The van der Waals surface area contributed by atoms with E-state index in [1.54, 1.807) is 0 Å². The van der Waals surface area contributed by atoms with Gasteiger partial charge in [-0.2, -0.15) is 5.26 Å². The zero-order chi connectivity index (χ0) is 15.7. The molecule has 0 unspecified atom stereocenters. The molecule has 0 saturated heterocycles. The SMILES string of the molecule is N#Cc1ccc(NC(=O)CCCCCCN)c([N+](=O)[O-])c1. The maximum Gasteiger partial charge on any atom is 0.294 e. The van der Waals surface area contributed by atoms with Crippen LogP contribution in [-0.2, 0) is 4.79 Å². The Balaban J connectivity index is 2.60. The van der Waals surface area contributed by atoms with E-state index in [2.05, 4.69) is 5.32 Å². The van der Waals surface area contributed by atoms with Gasteiger partial charge in [-0.05, 0) is 31.5 Å². The number of benzene rings is 1. The van der Waals surface area contributed by atoms with Crippen LogP contribution in [0.15, 0.2) is 18.2 Å². The van der Waals surface area contributed by atoms with Gasteiger partial charge in [0.2, 0.25) is 5.91 Å². The number of nitriles is 1. The lowest BCUT2D eigenvalue weighted by molar-refractivity contribution is -0.383. The first-order valence-corrected chi connectivity index (χ1v) is 6.77. The van der Waals surface area contributed by atoms with E-state index in [9.17, 15) is 14.9 Å². The second-order valence-electron chi connectivity index (χ2n) is 4.60. The maximum absolute atomic E-state index is 11.8. The van der Waals surface area contributed by atoms with Gasteiger partial charge in [0.05, 0.1) is 16.6 Å². The highest BCUT2D eigenvalue weighted by molar-refractivity contribution is 5.93. The first-order valence-electron chi connectivity index (χ1n) is 6.77. The number of nitrogens with zero attached hydrogens (tertiary/aromatic N) is 2. The van der Waals surface area contributed by atoms with Crippen LogP contribution in [0.1, 0.15) is 37.7 Å². The van der Waals surface area contributed by atoms with Crippen molar-refractivity contribution in [1.82, 2.24) is 0 Å². The molecule has 0 spiro atoms. The number of nitro groups is 1. The van der Waals surface area contributed by atoms with Crippen LogP contribution in [0.4, 0.5) is 11.4 Å². The quantitative estimate of drug-likeness (QED) is 0.432. The smallest absolute Gasteiger partial charge is 0.294 e. The molecule has 112 valence electrons. The maximum atomic E-state index is 11.8. The molecule has 0 aliphatic heterocycles. The summed E-state index contributed by atoms with van der Waals surface area (Å²) in [5, 5.41) is 22.2. The highest BCUT2D eigenvalue weighted by Crippen LogP contribution is 2.25. The lowest BCUT2D eigenvalue weighted by atomic mass is 10.1. The second kappa shape index (κ2) is 8.66. The van der Waals surface area contributed by atoms with Crippen molar-refractivity contribution in [3.05, 3.63) is 33.9 Å². The predicted octanol–water partition coefficient (Wildman–Crippen LogP) is 2.31. The molecule has 3 N–H and O–H groups in total. The van der Waals surface area contributed by atoms with Crippen LogP contribution in [-0.4, -0.2) is 17.4 Å². The summed E-state index contributed by atoms with van der Waals surface area (Å²) in [6, 6.07) is 5.79. The highest BCUT2D eigenvalue weighted by Gasteiger charge is 2.16. The fourth-order valence-corrected chi connectivity index (χ4v) is 1.85. The fraction of sp³-hybridized carbons (Fsp3) is 0.429. The van der Waals surface area contributed by atoms with Crippen molar-refractivity contribution in [3.63, 3.8) is 0 Å². The summed E-state index contributed by atoms with van der Waals surface area (Å²) < 4.78 is 0. The summed E-state index contributed by atoms with van der Waals surface area (Å²) >= 11 is 0. The van der Waals surface area contributed by atoms with Crippen molar-refractivity contribution in [2.45, 2.75) is 32.1 Å². The summed E-state index contributed by atoms with van der Waals surface area (Å²) in [5.74, 6) is -0.268. The van der Waals surface area contributed by atoms with Gasteiger partial charge in [-0.3, -0.25) is 14.9 Å². The number of hydrogen-bond acceptors (Lipinski definition) is 5. The first-order chi connectivity index (χ1) is 10.1. The third kappa shape index (κ3) is 5.58. The summed E-state index contributed by atoms with van der Waals surface area (Å²) in [6.45, 7) is 0.642. The number of anilines is 1. The zero-order valence-electron chi connectivity index (χ0n) is 11.7. The van der Waals surface area contributed by atoms with Gasteiger partial charge < -0.3 is 11.1 Å². The zero-order valence-corrected chi connectivity index (χ0v) is 11.7. The second-order valence-corrected chi connectivity index (χ2v) is 4.60. The highest BCUT2D eigenvalue weighted by atomic mass is 16.6. The van der Waals surface area contributed by atoms with E-state index in [1.807, 2.05) is 6.07 Å². The van der Waals surface area contributed by atoms with Crippen molar-refractivity contribution in [2.75, 3.05) is 11.9 Å². The van der Waals surface area contributed by atoms with Crippen LogP contribution in [0.5, 0.6) is 0 Å². The minimum atomic E-state index is -0.613. The van der Waals surface area contributed by atoms with E-state index in [0.29, 0.717) is 13.0 Å². The van der Waals surface area contributed by atoms with Gasteiger partial charge in [0.25, 0.3) is 5.69 Å². The Morgan fingerprint density at radius 1 is 1.33 bits per heavy atom. The van der Waals surface area contributed by atoms with Crippen LogP contribution in [0.25, 0.3) is 0 Å². The number of carbonyl (C=O) groups excluding carboxylic acids is 1. The minimum absolute atomic E-state index is 0.117. The van der Waals surface area contributed by atoms with Crippen molar-refractivity contribution in [2.24, 2.45) is 5.73 Å². The molecule has 0 aliphatic carbocycles. The number of nitro benzene ring substituents is 1. The molecule has 0 fully saturated rings. The Labute approximate surface area is 122 Å². The molecular formula is C14H18N4O3. The van der Waals surface area contributed by atoms with Gasteiger partial charge >= 0.3 is 0 Å². The van der Waals surface area contributed by atoms with Crippen molar-refractivity contribution >= 4 is 17.3 Å². The molecule has 0 bridgehead atoms. The molecule has 7 nitrogen and oxygen atoms in total. The number of carbonyl (C=O) groups is 1. The third-order valence-electron chi connectivity index (χ3n) is 2.96. The molecule has 1 aromatic rings. The minimum Gasteiger partial charge on any atom is -0.330 e.